The molecular weight excluding hydrogens is 381 g/mol. The van der Waals surface area contributed by atoms with Crippen LogP contribution in [0.25, 0.3) is 5.69 Å². The van der Waals surface area contributed by atoms with Crippen LogP contribution >= 0.6 is 0 Å². The molecule has 1 amide bonds. The van der Waals surface area contributed by atoms with Gasteiger partial charge in [-0.15, -0.1) is 0 Å². The van der Waals surface area contributed by atoms with E-state index in [1.165, 1.54) is 0 Å². The predicted molar refractivity (Wildman–Crippen MR) is 88.1 cm³/mol. The molecule has 0 saturated carbocycles. The number of nitrogens with zero attached hydrogens (tertiary/aromatic N) is 4. The number of anilines is 1. The Morgan fingerprint density at radius 2 is 1.86 bits per heavy atom. The first kappa shape index (κ1) is 18.6. The first-order chi connectivity index (χ1) is 13.3. The van der Waals surface area contributed by atoms with Crippen LogP contribution in [0.3, 0.4) is 0 Å². The standard InChI is InChI=1S/C16H9F3N6O3/c17-8-1-9(18)3-11(2-8)25-13(4-10(5-20)23-25)21-14(26)7-24-6-12(19)15(27)22-16(24)28/h1-4,6H,7H2,(H,21,26)(H,22,27,28). The summed E-state index contributed by atoms with van der Waals surface area (Å²) in [5.41, 5.74) is -2.51. The third-order valence-electron chi connectivity index (χ3n) is 3.46. The Morgan fingerprint density at radius 3 is 2.50 bits per heavy atom. The molecule has 2 aromatic heterocycles. The third kappa shape index (κ3) is 3.83. The Balaban J connectivity index is 1.92. The molecule has 28 heavy (non-hydrogen) atoms. The van der Waals surface area contributed by atoms with Gasteiger partial charge in [0.2, 0.25) is 11.7 Å². The average molecular weight is 390 g/mol. The number of benzene rings is 1. The molecule has 0 aliphatic rings. The molecule has 2 N–H and O–H groups in total. The maximum Gasteiger partial charge on any atom is 0.328 e. The third-order valence-corrected chi connectivity index (χ3v) is 3.46. The molecule has 0 spiro atoms. The molecular formula is C16H9F3N6O3. The Labute approximate surface area is 153 Å². The zero-order chi connectivity index (χ0) is 20.4. The molecule has 3 rings (SSSR count). The van der Waals surface area contributed by atoms with Gasteiger partial charge < -0.3 is 5.32 Å². The minimum Gasteiger partial charge on any atom is -0.309 e. The van der Waals surface area contributed by atoms with Gasteiger partial charge in [-0.3, -0.25) is 19.1 Å². The van der Waals surface area contributed by atoms with Crippen LogP contribution < -0.4 is 16.6 Å². The quantitative estimate of drug-likeness (QED) is 0.677. The smallest absolute Gasteiger partial charge is 0.309 e. The Kier molecular flexibility index (Phi) is 4.82. The van der Waals surface area contributed by atoms with Crippen molar-refractivity contribution >= 4 is 11.7 Å². The largest absolute Gasteiger partial charge is 0.328 e. The zero-order valence-electron chi connectivity index (χ0n) is 13.7. The first-order valence-electron chi connectivity index (χ1n) is 7.52. The lowest BCUT2D eigenvalue weighted by Gasteiger charge is -2.10. The molecule has 0 radical (unpaired) electrons. The summed E-state index contributed by atoms with van der Waals surface area (Å²) < 4.78 is 41.7. The fourth-order valence-corrected chi connectivity index (χ4v) is 2.32. The number of halogens is 3. The van der Waals surface area contributed by atoms with Crippen LogP contribution in [0.2, 0.25) is 0 Å². The molecule has 0 saturated heterocycles. The van der Waals surface area contributed by atoms with Gasteiger partial charge >= 0.3 is 5.69 Å². The second-order valence-corrected chi connectivity index (χ2v) is 5.48. The van der Waals surface area contributed by atoms with Gasteiger partial charge in [0.1, 0.15) is 30.1 Å². The fourth-order valence-electron chi connectivity index (χ4n) is 2.32. The molecule has 0 bridgehead atoms. The number of rotatable bonds is 4. The summed E-state index contributed by atoms with van der Waals surface area (Å²) in [6.07, 6.45) is 0.556. The van der Waals surface area contributed by atoms with E-state index in [-0.39, 0.29) is 17.2 Å². The number of H-pyrrole nitrogens is 1. The summed E-state index contributed by atoms with van der Waals surface area (Å²) in [6, 6.07) is 5.34. The zero-order valence-corrected chi connectivity index (χ0v) is 13.7. The molecule has 0 aliphatic carbocycles. The molecule has 9 nitrogen and oxygen atoms in total. The first-order valence-corrected chi connectivity index (χ1v) is 7.52. The van der Waals surface area contributed by atoms with Crippen LogP contribution in [-0.2, 0) is 11.3 Å². The SMILES string of the molecule is N#Cc1cc(NC(=O)Cn2cc(F)c(=O)[nH]c2=O)n(-c2cc(F)cc(F)c2)n1. The summed E-state index contributed by atoms with van der Waals surface area (Å²) >= 11 is 0. The van der Waals surface area contributed by atoms with Crippen molar-refractivity contribution < 1.29 is 18.0 Å². The van der Waals surface area contributed by atoms with E-state index in [0.29, 0.717) is 16.8 Å². The molecule has 142 valence electrons. The fraction of sp³-hybridized carbons (Fsp3) is 0.0625. The van der Waals surface area contributed by atoms with E-state index >= 15 is 0 Å². The van der Waals surface area contributed by atoms with E-state index in [0.717, 1.165) is 22.9 Å². The van der Waals surface area contributed by atoms with Crippen LogP contribution in [0.1, 0.15) is 5.69 Å². The lowest BCUT2D eigenvalue weighted by molar-refractivity contribution is -0.116. The molecule has 0 aliphatic heterocycles. The van der Waals surface area contributed by atoms with Crippen molar-refractivity contribution in [2.24, 2.45) is 0 Å². The summed E-state index contributed by atoms with van der Waals surface area (Å²) in [5.74, 6) is -4.05. The van der Waals surface area contributed by atoms with Crippen LogP contribution in [-0.4, -0.2) is 25.2 Å². The van der Waals surface area contributed by atoms with Gasteiger partial charge in [0.05, 0.1) is 11.9 Å². The van der Waals surface area contributed by atoms with Crippen molar-refractivity contribution in [2.75, 3.05) is 5.32 Å². The maximum absolute atomic E-state index is 13.5. The van der Waals surface area contributed by atoms with Crippen molar-refractivity contribution in [3.63, 3.8) is 0 Å². The molecule has 0 unspecified atom stereocenters. The van der Waals surface area contributed by atoms with E-state index in [4.69, 9.17) is 5.26 Å². The van der Waals surface area contributed by atoms with E-state index in [9.17, 15) is 27.6 Å². The average Bonchev–Trinajstić information content (AvgIpc) is 3.01. The van der Waals surface area contributed by atoms with Crippen molar-refractivity contribution in [2.45, 2.75) is 6.54 Å². The topological polar surface area (TPSA) is 126 Å². The number of nitrogens with one attached hydrogen (secondary N) is 2. The highest BCUT2D eigenvalue weighted by Gasteiger charge is 2.15. The number of hydrogen-bond donors (Lipinski definition) is 2. The van der Waals surface area contributed by atoms with Crippen molar-refractivity contribution in [1.29, 1.82) is 5.26 Å². The minimum absolute atomic E-state index is 0.110. The summed E-state index contributed by atoms with van der Waals surface area (Å²) in [5, 5.41) is 15.1. The van der Waals surface area contributed by atoms with Gasteiger partial charge in [0.25, 0.3) is 5.56 Å². The molecule has 0 fully saturated rings. The molecule has 12 heteroatoms. The van der Waals surface area contributed by atoms with E-state index in [2.05, 4.69) is 10.4 Å². The second kappa shape index (κ2) is 7.23. The number of aromatic amines is 1. The summed E-state index contributed by atoms with van der Waals surface area (Å²) in [7, 11) is 0. The van der Waals surface area contributed by atoms with Crippen LogP contribution in [0.5, 0.6) is 0 Å². The highest BCUT2D eigenvalue weighted by molar-refractivity contribution is 5.90. The molecule has 1 aromatic carbocycles. The van der Waals surface area contributed by atoms with Gasteiger partial charge in [0.15, 0.2) is 5.69 Å². The molecule has 0 atom stereocenters. The van der Waals surface area contributed by atoms with Gasteiger partial charge in [-0.05, 0) is 12.1 Å². The number of nitriles is 1. The van der Waals surface area contributed by atoms with E-state index in [1.807, 2.05) is 0 Å². The Morgan fingerprint density at radius 1 is 1.18 bits per heavy atom. The molecule has 3 aromatic rings. The van der Waals surface area contributed by atoms with Crippen LogP contribution in [0.4, 0.5) is 19.0 Å². The monoisotopic (exact) mass is 390 g/mol. The highest BCUT2D eigenvalue weighted by atomic mass is 19.1. The minimum atomic E-state index is -1.26. The van der Waals surface area contributed by atoms with Crippen molar-refractivity contribution in [1.82, 2.24) is 19.3 Å². The summed E-state index contributed by atoms with van der Waals surface area (Å²) in [6.45, 7) is -0.683. The maximum atomic E-state index is 13.5. The number of carbonyl (C=O) groups is 1. The number of hydrogen-bond acceptors (Lipinski definition) is 5. The Hall–Kier alpha value is -4.14. The second-order valence-electron chi connectivity index (χ2n) is 5.48. The predicted octanol–water partition coefficient (Wildman–Crippen LogP) is 0.650. The van der Waals surface area contributed by atoms with Gasteiger partial charge in [-0.2, -0.15) is 14.8 Å². The van der Waals surface area contributed by atoms with E-state index < -0.39 is 41.2 Å². The lowest BCUT2D eigenvalue weighted by atomic mass is 10.3. The number of carbonyl (C=O) groups excluding carboxylic acids is 1. The Bertz CT molecular complexity index is 1220. The van der Waals surface area contributed by atoms with Gasteiger partial charge in [0, 0.05) is 12.1 Å². The number of aromatic nitrogens is 4. The normalized spacial score (nSPS) is 10.5. The highest BCUT2D eigenvalue weighted by Crippen LogP contribution is 2.19. The van der Waals surface area contributed by atoms with Crippen molar-refractivity contribution in [3.8, 4) is 11.8 Å². The van der Waals surface area contributed by atoms with Gasteiger partial charge in [-0.1, -0.05) is 0 Å². The molecule has 2 heterocycles. The summed E-state index contributed by atoms with van der Waals surface area (Å²) in [4.78, 5) is 36.5. The van der Waals surface area contributed by atoms with Gasteiger partial charge in [-0.25, -0.2) is 18.3 Å². The number of amides is 1. The van der Waals surface area contributed by atoms with Crippen molar-refractivity contribution in [3.05, 3.63) is 74.4 Å². The lowest BCUT2D eigenvalue weighted by Crippen LogP contribution is -2.34. The van der Waals surface area contributed by atoms with Crippen LogP contribution in [0, 0.1) is 28.8 Å². The van der Waals surface area contributed by atoms with E-state index in [1.54, 1.807) is 11.1 Å². The van der Waals surface area contributed by atoms with Crippen LogP contribution in [0.15, 0.2) is 40.1 Å².